The molecule has 0 amide bonds. The molecule has 1 rings (SSSR count). The fourth-order valence-corrected chi connectivity index (χ4v) is 1.11. The van der Waals surface area contributed by atoms with Gasteiger partial charge in [-0.3, -0.25) is 0 Å². The zero-order valence-corrected chi connectivity index (χ0v) is 6.02. The molecule has 0 aromatic heterocycles. The first-order valence-corrected chi connectivity index (χ1v) is 3.57. The number of rotatable bonds is 0. The molecule has 0 bridgehead atoms. The summed E-state index contributed by atoms with van der Waals surface area (Å²) in [6.07, 6.45) is 3.23. The van der Waals surface area contributed by atoms with Crippen molar-refractivity contribution in [3.05, 3.63) is 0 Å². The highest BCUT2D eigenvalue weighted by Crippen LogP contribution is 2.16. The van der Waals surface area contributed by atoms with Crippen LogP contribution in [0, 0.1) is 0 Å². The molecule has 2 N–H and O–H groups in total. The van der Waals surface area contributed by atoms with E-state index in [0.717, 1.165) is 32.5 Å². The van der Waals surface area contributed by atoms with Crippen molar-refractivity contribution in [1.29, 1.82) is 0 Å². The van der Waals surface area contributed by atoms with Gasteiger partial charge in [0, 0.05) is 18.8 Å². The van der Waals surface area contributed by atoms with Gasteiger partial charge < -0.3 is 10.5 Å². The molecule has 1 heterocycles. The minimum absolute atomic E-state index is 0.0382. The molecule has 2 heteroatoms. The van der Waals surface area contributed by atoms with Gasteiger partial charge in [-0.25, -0.2) is 0 Å². The van der Waals surface area contributed by atoms with Gasteiger partial charge in [0.25, 0.3) is 0 Å². The third-order valence-electron chi connectivity index (χ3n) is 1.85. The topological polar surface area (TPSA) is 35.2 Å². The molecule has 0 saturated carbocycles. The maximum atomic E-state index is 5.90. The van der Waals surface area contributed by atoms with Gasteiger partial charge >= 0.3 is 0 Å². The van der Waals surface area contributed by atoms with Crippen LogP contribution in [0.15, 0.2) is 0 Å². The molecule has 2 nitrogen and oxygen atoms in total. The highest BCUT2D eigenvalue weighted by molar-refractivity contribution is 4.79. The lowest BCUT2D eigenvalue weighted by molar-refractivity contribution is 0.140. The number of hydrogen-bond donors (Lipinski definition) is 1. The molecule has 1 fully saturated rings. The van der Waals surface area contributed by atoms with Crippen molar-refractivity contribution < 1.29 is 4.74 Å². The van der Waals surface area contributed by atoms with Gasteiger partial charge in [0.15, 0.2) is 0 Å². The average Bonchev–Trinajstić information content (AvgIpc) is 1.92. The molecule has 1 aliphatic rings. The second kappa shape index (κ2) is 2.67. The Morgan fingerprint density at radius 3 is 2.89 bits per heavy atom. The van der Waals surface area contributed by atoms with Gasteiger partial charge in [-0.2, -0.15) is 0 Å². The molecular formula is C7H15NO. The first-order valence-electron chi connectivity index (χ1n) is 3.57. The number of ether oxygens (including phenoxy) is 1. The van der Waals surface area contributed by atoms with E-state index in [1.165, 1.54) is 0 Å². The smallest absolute Gasteiger partial charge is 0.0483 e. The Morgan fingerprint density at radius 2 is 2.11 bits per heavy atom. The molecule has 0 aromatic carbocycles. The summed E-state index contributed by atoms with van der Waals surface area (Å²) in [5, 5.41) is 0. The van der Waals surface area contributed by atoms with E-state index in [4.69, 9.17) is 10.5 Å². The Kier molecular flexibility index (Phi) is 2.09. The summed E-state index contributed by atoms with van der Waals surface area (Å²) < 4.78 is 5.25. The highest BCUT2D eigenvalue weighted by atomic mass is 16.5. The maximum absolute atomic E-state index is 5.90. The second-order valence-corrected chi connectivity index (χ2v) is 3.12. The third-order valence-corrected chi connectivity index (χ3v) is 1.85. The summed E-state index contributed by atoms with van der Waals surface area (Å²) in [5.41, 5.74) is 5.94. The van der Waals surface area contributed by atoms with Gasteiger partial charge in [-0.15, -0.1) is 0 Å². The van der Waals surface area contributed by atoms with E-state index < -0.39 is 0 Å². The summed E-state index contributed by atoms with van der Waals surface area (Å²) in [6.45, 7) is 3.83. The second-order valence-electron chi connectivity index (χ2n) is 3.12. The standard InChI is InChI=1S/C7H15NO/c1-7(8)3-2-5-9-6-4-7/h2-6,8H2,1H3. The summed E-state index contributed by atoms with van der Waals surface area (Å²) >= 11 is 0. The Balaban J connectivity index is 2.36. The summed E-state index contributed by atoms with van der Waals surface area (Å²) in [4.78, 5) is 0. The van der Waals surface area contributed by atoms with Crippen molar-refractivity contribution in [1.82, 2.24) is 0 Å². The molecule has 0 radical (unpaired) electrons. The van der Waals surface area contributed by atoms with E-state index in [1.807, 2.05) is 0 Å². The van der Waals surface area contributed by atoms with Crippen LogP contribution in [0.2, 0.25) is 0 Å². The molecule has 54 valence electrons. The summed E-state index contributed by atoms with van der Waals surface area (Å²) in [6, 6.07) is 0. The highest BCUT2D eigenvalue weighted by Gasteiger charge is 2.19. The molecule has 1 atom stereocenters. The zero-order chi connectivity index (χ0) is 6.74. The SMILES string of the molecule is CC1(N)CCCOCC1. The van der Waals surface area contributed by atoms with Gasteiger partial charge in [0.05, 0.1) is 0 Å². The monoisotopic (exact) mass is 129 g/mol. The number of hydrogen-bond acceptors (Lipinski definition) is 2. The average molecular weight is 129 g/mol. The van der Waals surface area contributed by atoms with Crippen LogP contribution in [-0.2, 0) is 4.74 Å². The van der Waals surface area contributed by atoms with Gasteiger partial charge in [0.1, 0.15) is 0 Å². The van der Waals surface area contributed by atoms with Crippen molar-refractivity contribution in [3.8, 4) is 0 Å². The van der Waals surface area contributed by atoms with E-state index in [1.54, 1.807) is 0 Å². The normalized spacial score (nSPS) is 38.0. The Morgan fingerprint density at radius 1 is 1.33 bits per heavy atom. The van der Waals surface area contributed by atoms with Crippen molar-refractivity contribution in [2.75, 3.05) is 13.2 Å². The lowest BCUT2D eigenvalue weighted by atomic mass is 9.95. The van der Waals surface area contributed by atoms with E-state index in [2.05, 4.69) is 6.92 Å². The van der Waals surface area contributed by atoms with Crippen LogP contribution in [0.1, 0.15) is 26.2 Å². The van der Waals surface area contributed by atoms with Gasteiger partial charge in [0.2, 0.25) is 0 Å². The van der Waals surface area contributed by atoms with Gasteiger partial charge in [-0.1, -0.05) is 0 Å². The quantitative estimate of drug-likeness (QED) is 0.527. The predicted octanol–water partition coefficient (Wildman–Crippen LogP) is 0.904. The van der Waals surface area contributed by atoms with E-state index in [-0.39, 0.29) is 5.54 Å². The zero-order valence-electron chi connectivity index (χ0n) is 6.02. The van der Waals surface area contributed by atoms with E-state index >= 15 is 0 Å². The molecule has 9 heavy (non-hydrogen) atoms. The molecule has 1 unspecified atom stereocenters. The third kappa shape index (κ3) is 2.33. The first-order chi connectivity index (χ1) is 4.21. The lowest BCUT2D eigenvalue weighted by Crippen LogP contribution is -2.35. The van der Waals surface area contributed by atoms with Gasteiger partial charge in [-0.05, 0) is 26.2 Å². The lowest BCUT2D eigenvalue weighted by Gasteiger charge is -2.20. The van der Waals surface area contributed by atoms with Crippen LogP contribution in [0.3, 0.4) is 0 Å². The Labute approximate surface area is 56.4 Å². The van der Waals surface area contributed by atoms with Crippen LogP contribution in [0.25, 0.3) is 0 Å². The molecule has 1 aliphatic heterocycles. The Hall–Kier alpha value is -0.0800. The summed E-state index contributed by atoms with van der Waals surface area (Å²) in [5.74, 6) is 0. The van der Waals surface area contributed by atoms with Crippen LogP contribution >= 0.6 is 0 Å². The van der Waals surface area contributed by atoms with Crippen molar-refractivity contribution in [3.63, 3.8) is 0 Å². The molecule has 0 aromatic rings. The van der Waals surface area contributed by atoms with Crippen molar-refractivity contribution >= 4 is 0 Å². The van der Waals surface area contributed by atoms with E-state index in [0.29, 0.717) is 0 Å². The first kappa shape index (κ1) is 7.03. The Bertz CT molecular complexity index is 80.9. The van der Waals surface area contributed by atoms with Crippen LogP contribution in [0.4, 0.5) is 0 Å². The molecule has 0 aliphatic carbocycles. The fourth-order valence-electron chi connectivity index (χ4n) is 1.11. The molecular weight excluding hydrogens is 114 g/mol. The van der Waals surface area contributed by atoms with Crippen LogP contribution in [0.5, 0.6) is 0 Å². The maximum Gasteiger partial charge on any atom is 0.0483 e. The minimum Gasteiger partial charge on any atom is -0.381 e. The number of nitrogens with two attached hydrogens (primary N) is 1. The minimum atomic E-state index is 0.0382. The predicted molar refractivity (Wildman–Crippen MR) is 37.3 cm³/mol. The van der Waals surface area contributed by atoms with Crippen LogP contribution < -0.4 is 5.73 Å². The molecule has 0 spiro atoms. The molecule has 1 saturated heterocycles. The van der Waals surface area contributed by atoms with Crippen molar-refractivity contribution in [2.45, 2.75) is 31.7 Å². The van der Waals surface area contributed by atoms with E-state index in [9.17, 15) is 0 Å². The fraction of sp³-hybridized carbons (Fsp3) is 1.00. The van der Waals surface area contributed by atoms with Crippen LogP contribution in [-0.4, -0.2) is 18.8 Å². The summed E-state index contributed by atoms with van der Waals surface area (Å²) in [7, 11) is 0. The largest absolute Gasteiger partial charge is 0.381 e. The van der Waals surface area contributed by atoms with Crippen molar-refractivity contribution in [2.24, 2.45) is 5.73 Å².